The van der Waals surface area contributed by atoms with Gasteiger partial charge in [-0.25, -0.2) is 0 Å². The zero-order valence-electron chi connectivity index (χ0n) is 10.3. The fourth-order valence-corrected chi connectivity index (χ4v) is 2.11. The van der Waals surface area contributed by atoms with E-state index >= 15 is 0 Å². The molecule has 1 rings (SSSR count). The first-order valence-electron chi connectivity index (χ1n) is 5.73. The second-order valence-corrected chi connectivity index (χ2v) is 5.11. The molecular formula is C14H15Cl3O2. The van der Waals surface area contributed by atoms with Gasteiger partial charge in [-0.2, -0.15) is 0 Å². The van der Waals surface area contributed by atoms with Crippen molar-refractivity contribution in [3.05, 3.63) is 59.3 Å². The Balaban J connectivity index is 2.90. The van der Waals surface area contributed by atoms with E-state index in [0.717, 1.165) is 0 Å². The van der Waals surface area contributed by atoms with E-state index < -0.39 is 0 Å². The van der Waals surface area contributed by atoms with Gasteiger partial charge in [0.25, 0.3) is 0 Å². The van der Waals surface area contributed by atoms with Gasteiger partial charge in [0.2, 0.25) is 0 Å². The van der Waals surface area contributed by atoms with Crippen LogP contribution in [-0.4, -0.2) is 16.4 Å². The summed E-state index contributed by atoms with van der Waals surface area (Å²) in [4.78, 5) is 0. The molecule has 0 heterocycles. The molecule has 0 aromatic heterocycles. The summed E-state index contributed by atoms with van der Waals surface area (Å²) >= 11 is 17.6. The standard InChI is InChI=1S/C14H15Cl3O2/c1-2-3-4-14(12(18)7-8-15)19-13-6-5-10(16)9-11(13)17/h2,4-7,10,18H,1,3,8-9H2/b12-7+,14-4+. The van der Waals surface area contributed by atoms with Crippen LogP contribution >= 0.6 is 34.8 Å². The van der Waals surface area contributed by atoms with E-state index in [4.69, 9.17) is 39.5 Å². The van der Waals surface area contributed by atoms with Gasteiger partial charge in [-0.05, 0) is 24.6 Å². The molecule has 1 N–H and O–H groups in total. The zero-order valence-corrected chi connectivity index (χ0v) is 12.5. The minimum Gasteiger partial charge on any atom is -0.504 e. The number of rotatable bonds is 6. The Kier molecular flexibility index (Phi) is 7.14. The van der Waals surface area contributed by atoms with Crippen molar-refractivity contribution in [1.82, 2.24) is 0 Å². The number of ether oxygens (including phenoxy) is 1. The summed E-state index contributed by atoms with van der Waals surface area (Å²) in [7, 11) is 0. The van der Waals surface area contributed by atoms with Crippen LogP contribution in [0.5, 0.6) is 0 Å². The molecule has 104 valence electrons. The summed E-state index contributed by atoms with van der Waals surface area (Å²) in [6, 6.07) is 0. The van der Waals surface area contributed by atoms with Gasteiger partial charge in [0.05, 0.1) is 10.4 Å². The molecule has 0 saturated heterocycles. The topological polar surface area (TPSA) is 29.5 Å². The molecule has 0 aromatic carbocycles. The summed E-state index contributed by atoms with van der Waals surface area (Å²) in [5, 5.41) is 10.2. The van der Waals surface area contributed by atoms with Gasteiger partial charge >= 0.3 is 0 Å². The van der Waals surface area contributed by atoms with Gasteiger partial charge in [0.1, 0.15) is 5.76 Å². The first kappa shape index (κ1) is 16.2. The highest BCUT2D eigenvalue weighted by molar-refractivity contribution is 6.31. The molecule has 0 aliphatic heterocycles. The lowest BCUT2D eigenvalue weighted by atomic mass is 10.1. The number of halogens is 3. The van der Waals surface area contributed by atoms with Gasteiger partial charge in [-0.1, -0.05) is 23.8 Å². The number of alkyl halides is 2. The Bertz CT molecular complexity index is 448. The molecular weight excluding hydrogens is 307 g/mol. The monoisotopic (exact) mass is 320 g/mol. The second kappa shape index (κ2) is 8.36. The molecule has 19 heavy (non-hydrogen) atoms. The lowest BCUT2D eigenvalue weighted by Gasteiger charge is -2.16. The third kappa shape index (κ3) is 5.35. The van der Waals surface area contributed by atoms with E-state index in [1.54, 1.807) is 24.3 Å². The molecule has 0 spiro atoms. The maximum atomic E-state index is 9.84. The minimum absolute atomic E-state index is 0.0322. The van der Waals surface area contributed by atoms with Crippen LogP contribution < -0.4 is 0 Å². The van der Waals surface area contributed by atoms with Crippen molar-refractivity contribution in [1.29, 1.82) is 0 Å². The van der Waals surface area contributed by atoms with Crippen molar-refractivity contribution in [2.24, 2.45) is 0 Å². The molecule has 2 nitrogen and oxygen atoms in total. The van der Waals surface area contributed by atoms with E-state index in [1.807, 2.05) is 0 Å². The van der Waals surface area contributed by atoms with Crippen LogP contribution in [0.25, 0.3) is 0 Å². The molecule has 1 unspecified atom stereocenters. The summed E-state index contributed by atoms with van der Waals surface area (Å²) < 4.78 is 5.61. The van der Waals surface area contributed by atoms with Crippen LogP contribution in [0.3, 0.4) is 0 Å². The number of allylic oxidation sites excluding steroid dienone is 6. The SMILES string of the molecule is C=CC/C=C(OC1=C(Cl)CC(Cl)C=C1)\C(O)=C/CCl. The Morgan fingerprint density at radius 3 is 2.84 bits per heavy atom. The maximum absolute atomic E-state index is 9.84. The predicted molar refractivity (Wildman–Crippen MR) is 81.7 cm³/mol. The minimum atomic E-state index is -0.132. The summed E-state index contributed by atoms with van der Waals surface area (Å²) in [6.45, 7) is 3.61. The van der Waals surface area contributed by atoms with Crippen LogP contribution in [0.2, 0.25) is 0 Å². The first-order chi connectivity index (χ1) is 9.08. The number of hydrogen-bond acceptors (Lipinski definition) is 2. The Morgan fingerprint density at radius 2 is 2.26 bits per heavy atom. The molecule has 0 aromatic rings. The summed E-state index contributed by atoms with van der Waals surface area (Å²) in [6.07, 6.45) is 9.38. The Morgan fingerprint density at radius 1 is 1.53 bits per heavy atom. The van der Waals surface area contributed by atoms with Crippen LogP contribution in [0.1, 0.15) is 12.8 Å². The van der Waals surface area contributed by atoms with Crippen LogP contribution in [0.4, 0.5) is 0 Å². The van der Waals surface area contributed by atoms with Crippen molar-refractivity contribution < 1.29 is 9.84 Å². The molecule has 0 bridgehead atoms. The highest BCUT2D eigenvalue weighted by Gasteiger charge is 2.16. The van der Waals surface area contributed by atoms with Gasteiger partial charge in [-0.15, -0.1) is 29.8 Å². The average molecular weight is 322 g/mol. The fraction of sp³-hybridized carbons (Fsp3) is 0.286. The van der Waals surface area contributed by atoms with Crippen LogP contribution in [0, 0.1) is 0 Å². The normalized spacial score (nSPS) is 20.7. The Labute approximate surface area is 128 Å². The molecule has 0 radical (unpaired) electrons. The van der Waals surface area contributed by atoms with Crippen molar-refractivity contribution in [2.75, 3.05) is 5.88 Å². The fourth-order valence-electron chi connectivity index (χ4n) is 1.39. The van der Waals surface area contributed by atoms with Crippen molar-refractivity contribution in [3.63, 3.8) is 0 Å². The lowest BCUT2D eigenvalue weighted by molar-refractivity contribution is 0.272. The maximum Gasteiger partial charge on any atom is 0.165 e. The first-order valence-corrected chi connectivity index (χ1v) is 7.08. The predicted octanol–water partition coefficient (Wildman–Crippen LogP) is 5.16. The van der Waals surface area contributed by atoms with E-state index in [1.165, 1.54) is 6.08 Å². The number of aliphatic hydroxyl groups is 1. The second-order valence-electron chi connectivity index (χ2n) is 3.79. The average Bonchev–Trinajstić information content (AvgIpc) is 2.37. The molecule has 1 aliphatic carbocycles. The smallest absolute Gasteiger partial charge is 0.165 e. The van der Waals surface area contributed by atoms with Crippen LogP contribution in [0.15, 0.2) is 59.3 Å². The van der Waals surface area contributed by atoms with E-state index in [-0.39, 0.29) is 17.0 Å². The largest absolute Gasteiger partial charge is 0.504 e. The van der Waals surface area contributed by atoms with Gasteiger partial charge in [0, 0.05) is 12.3 Å². The van der Waals surface area contributed by atoms with E-state index in [9.17, 15) is 5.11 Å². The Hall–Kier alpha value is -0.830. The molecule has 1 atom stereocenters. The highest BCUT2D eigenvalue weighted by Crippen LogP contribution is 2.29. The molecule has 5 heteroatoms. The van der Waals surface area contributed by atoms with E-state index in [2.05, 4.69) is 6.58 Å². The summed E-state index contributed by atoms with van der Waals surface area (Å²) in [5.41, 5.74) is 0. The zero-order chi connectivity index (χ0) is 14.3. The van der Waals surface area contributed by atoms with Gasteiger partial charge < -0.3 is 9.84 Å². The molecule has 1 aliphatic rings. The third-order valence-corrected chi connectivity index (χ3v) is 3.11. The van der Waals surface area contributed by atoms with Crippen molar-refractivity contribution in [3.8, 4) is 0 Å². The van der Waals surface area contributed by atoms with Crippen molar-refractivity contribution in [2.45, 2.75) is 18.2 Å². The number of hydrogen-bond donors (Lipinski definition) is 1. The number of aliphatic hydroxyl groups excluding tert-OH is 1. The van der Waals surface area contributed by atoms with E-state index in [0.29, 0.717) is 29.4 Å². The summed E-state index contributed by atoms with van der Waals surface area (Å²) in [5.74, 6) is 0.928. The quantitative estimate of drug-likeness (QED) is 0.317. The third-order valence-electron chi connectivity index (χ3n) is 2.31. The molecule has 0 fully saturated rings. The van der Waals surface area contributed by atoms with Gasteiger partial charge in [0.15, 0.2) is 11.5 Å². The van der Waals surface area contributed by atoms with Crippen molar-refractivity contribution >= 4 is 34.8 Å². The van der Waals surface area contributed by atoms with Gasteiger partial charge in [-0.3, -0.25) is 0 Å². The van der Waals surface area contributed by atoms with Crippen LogP contribution in [-0.2, 0) is 4.74 Å². The highest BCUT2D eigenvalue weighted by atomic mass is 35.5. The lowest BCUT2D eigenvalue weighted by Crippen LogP contribution is -2.05. The molecule has 0 amide bonds. The molecule has 0 saturated carbocycles.